The second-order valence-electron chi connectivity index (χ2n) is 5.29. The Hall–Kier alpha value is -0.610. The van der Waals surface area contributed by atoms with Crippen LogP contribution in [-0.2, 0) is 4.74 Å². The minimum Gasteiger partial charge on any atom is -0.386 e. The van der Waals surface area contributed by atoms with Crippen molar-refractivity contribution in [2.45, 2.75) is 43.6 Å². The van der Waals surface area contributed by atoms with Crippen molar-refractivity contribution in [1.29, 1.82) is 0 Å². The molecule has 2 fully saturated rings. The highest BCUT2D eigenvalue weighted by molar-refractivity contribution is 6.30. The van der Waals surface area contributed by atoms with Crippen LogP contribution in [-0.4, -0.2) is 23.4 Å². The summed E-state index contributed by atoms with van der Waals surface area (Å²) in [5, 5.41) is 14.5. The van der Waals surface area contributed by atoms with Gasteiger partial charge in [0.05, 0.1) is 6.10 Å². The van der Waals surface area contributed by atoms with Crippen LogP contribution >= 0.6 is 11.6 Å². The lowest BCUT2D eigenvalue weighted by Gasteiger charge is -2.46. The van der Waals surface area contributed by atoms with Gasteiger partial charge in [0.1, 0.15) is 11.8 Å². The van der Waals surface area contributed by atoms with Crippen LogP contribution in [0.1, 0.15) is 37.5 Å². The third kappa shape index (κ3) is 2.28. The van der Waals surface area contributed by atoms with Crippen LogP contribution in [0.4, 0.5) is 0 Å². The molecule has 0 aromatic heterocycles. The molecule has 4 heteroatoms. The highest BCUT2D eigenvalue weighted by Crippen LogP contribution is 2.36. The number of fused-ring (bicyclic) bond motifs is 1. The van der Waals surface area contributed by atoms with Crippen molar-refractivity contribution >= 4 is 11.6 Å². The summed E-state index contributed by atoms with van der Waals surface area (Å²) in [6.45, 7) is 0.602. The molecule has 18 heavy (non-hydrogen) atoms. The number of hydrogen-bond donors (Lipinski definition) is 2. The molecule has 0 amide bonds. The molecule has 1 aromatic carbocycles. The lowest BCUT2D eigenvalue weighted by Crippen LogP contribution is -2.59. The zero-order valence-electron chi connectivity index (χ0n) is 10.2. The van der Waals surface area contributed by atoms with E-state index in [2.05, 4.69) is 5.32 Å². The summed E-state index contributed by atoms with van der Waals surface area (Å²) < 4.78 is 6.02. The number of nitrogens with one attached hydrogen (secondary N) is 1. The summed E-state index contributed by atoms with van der Waals surface area (Å²) in [4.78, 5) is 0. The number of hydrogen-bond acceptors (Lipinski definition) is 3. The van der Waals surface area contributed by atoms with E-state index in [-0.39, 0.29) is 12.3 Å². The molecule has 0 spiro atoms. The fourth-order valence-electron chi connectivity index (χ4n) is 2.90. The Balaban J connectivity index is 1.75. The monoisotopic (exact) mass is 267 g/mol. The van der Waals surface area contributed by atoms with Crippen LogP contribution in [0.3, 0.4) is 0 Å². The van der Waals surface area contributed by atoms with E-state index in [0.717, 1.165) is 36.3 Å². The van der Waals surface area contributed by atoms with Gasteiger partial charge < -0.3 is 9.84 Å². The third-order valence-corrected chi connectivity index (χ3v) is 4.24. The molecule has 1 aliphatic carbocycles. The molecule has 2 aliphatic rings. The minimum absolute atomic E-state index is 0.0480. The Labute approximate surface area is 112 Å². The van der Waals surface area contributed by atoms with Crippen molar-refractivity contribution in [2.75, 3.05) is 6.54 Å². The average molecular weight is 268 g/mol. The van der Waals surface area contributed by atoms with Gasteiger partial charge in [-0.1, -0.05) is 36.6 Å². The van der Waals surface area contributed by atoms with Crippen molar-refractivity contribution in [3.05, 3.63) is 34.9 Å². The first-order valence-corrected chi connectivity index (χ1v) is 6.92. The van der Waals surface area contributed by atoms with E-state index in [9.17, 15) is 5.11 Å². The van der Waals surface area contributed by atoms with E-state index < -0.39 is 5.60 Å². The summed E-state index contributed by atoms with van der Waals surface area (Å²) >= 11 is 5.88. The van der Waals surface area contributed by atoms with Crippen LogP contribution < -0.4 is 5.32 Å². The highest BCUT2D eigenvalue weighted by atomic mass is 35.5. The smallest absolute Gasteiger partial charge is 0.134 e. The molecule has 1 saturated carbocycles. The standard InChI is InChI=1S/C14H18ClNO2/c15-11-6-4-10(5-7-11)13-16-9-14(17)8-2-1-3-12(14)18-13/h4-7,12-13,16-17H,1-3,8-9H2/t12-,13+,14-/m1/s1. The summed E-state index contributed by atoms with van der Waals surface area (Å²) in [6, 6.07) is 7.66. The van der Waals surface area contributed by atoms with Crippen molar-refractivity contribution < 1.29 is 9.84 Å². The topological polar surface area (TPSA) is 41.5 Å². The number of ether oxygens (including phenoxy) is 1. The van der Waals surface area contributed by atoms with E-state index >= 15 is 0 Å². The zero-order chi connectivity index (χ0) is 12.6. The zero-order valence-corrected chi connectivity index (χ0v) is 11.0. The Morgan fingerprint density at radius 1 is 1.28 bits per heavy atom. The van der Waals surface area contributed by atoms with E-state index in [0.29, 0.717) is 6.54 Å². The van der Waals surface area contributed by atoms with Crippen molar-refractivity contribution in [3.63, 3.8) is 0 Å². The maximum Gasteiger partial charge on any atom is 0.134 e. The molecule has 3 atom stereocenters. The molecule has 2 N–H and O–H groups in total. The van der Waals surface area contributed by atoms with Crippen molar-refractivity contribution in [2.24, 2.45) is 0 Å². The first-order valence-electron chi connectivity index (χ1n) is 6.54. The predicted molar refractivity (Wildman–Crippen MR) is 70.5 cm³/mol. The first kappa shape index (κ1) is 12.4. The number of benzene rings is 1. The molecule has 0 unspecified atom stereocenters. The fourth-order valence-corrected chi connectivity index (χ4v) is 3.03. The number of halogens is 1. The Bertz CT molecular complexity index is 422. The van der Waals surface area contributed by atoms with Crippen LogP contribution in [0.2, 0.25) is 5.02 Å². The van der Waals surface area contributed by atoms with Crippen LogP contribution in [0, 0.1) is 0 Å². The largest absolute Gasteiger partial charge is 0.386 e. The lowest BCUT2D eigenvalue weighted by atomic mass is 9.81. The van der Waals surface area contributed by atoms with Crippen molar-refractivity contribution in [1.82, 2.24) is 5.32 Å². The first-order chi connectivity index (χ1) is 8.67. The molecule has 1 heterocycles. The second-order valence-corrected chi connectivity index (χ2v) is 5.72. The Kier molecular flexibility index (Phi) is 3.32. The molecular weight excluding hydrogens is 250 g/mol. The lowest BCUT2D eigenvalue weighted by molar-refractivity contribution is -0.195. The summed E-state index contributed by atoms with van der Waals surface area (Å²) in [6.07, 6.45) is 3.82. The molecule has 1 aromatic rings. The van der Waals surface area contributed by atoms with Gasteiger partial charge in [0.2, 0.25) is 0 Å². The van der Waals surface area contributed by atoms with Gasteiger partial charge >= 0.3 is 0 Å². The number of rotatable bonds is 1. The number of aliphatic hydroxyl groups is 1. The molecule has 0 radical (unpaired) electrons. The van der Waals surface area contributed by atoms with E-state index in [1.165, 1.54) is 0 Å². The van der Waals surface area contributed by atoms with Gasteiger partial charge in [-0.2, -0.15) is 0 Å². The normalized spacial score (nSPS) is 36.1. The maximum absolute atomic E-state index is 10.5. The van der Waals surface area contributed by atoms with Gasteiger partial charge in [-0.3, -0.25) is 5.32 Å². The number of β-amino-alcohol motifs (C(OH)–C–C–N with tert-alkyl or cyclic N) is 1. The summed E-state index contributed by atoms with van der Waals surface area (Å²) in [5.74, 6) is 0. The van der Waals surface area contributed by atoms with Gasteiger partial charge in [0, 0.05) is 11.6 Å². The summed E-state index contributed by atoms with van der Waals surface area (Å²) in [7, 11) is 0. The predicted octanol–water partition coefficient (Wildman–Crippen LogP) is 2.63. The molecule has 3 nitrogen and oxygen atoms in total. The molecule has 1 saturated heterocycles. The van der Waals surface area contributed by atoms with E-state index in [1.54, 1.807) is 0 Å². The molecule has 3 rings (SSSR count). The van der Waals surface area contributed by atoms with Gasteiger partial charge in [-0.15, -0.1) is 0 Å². The molecule has 98 valence electrons. The quantitative estimate of drug-likeness (QED) is 0.822. The van der Waals surface area contributed by atoms with E-state index in [1.807, 2.05) is 24.3 Å². The molecule has 0 bridgehead atoms. The van der Waals surface area contributed by atoms with Gasteiger partial charge in [-0.05, 0) is 30.5 Å². The highest BCUT2D eigenvalue weighted by Gasteiger charge is 2.44. The van der Waals surface area contributed by atoms with Gasteiger partial charge in [0.25, 0.3) is 0 Å². The van der Waals surface area contributed by atoms with Crippen LogP contribution in [0.25, 0.3) is 0 Å². The Morgan fingerprint density at radius 2 is 2.06 bits per heavy atom. The molecular formula is C14H18ClNO2. The maximum atomic E-state index is 10.5. The van der Waals surface area contributed by atoms with Gasteiger partial charge in [-0.25, -0.2) is 0 Å². The fraction of sp³-hybridized carbons (Fsp3) is 0.571. The SMILES string of the molecule is O[C@@]12CCCC[C@H]1O[C@@H](c1ccc(Cl)cc1)NC2. The van der Waals surface area contributed by atoms with Crippen LogP contribution in [0.15, 0.2) is 24.3 Å². The van der Waals surface area contributed by atoms with Gasteiger partial charge in [0.15, 0.2) is 0 Å². The molecule has 1 aliphatic heterocycles. The summed E-state index contributed by atoms with van der Waals surface area (Å²) in [5.41, 5.74) is 0.383. The van der Waals surface area contributed by atoms with Crippen molar-refractivity contribution in [3.8, 4) is 0 Å². The van der Waals surface area contributed by atoms with Crippen LogP contribution in [0.5, 0.6) is 0 Å². The minimum atomic E-state index is -0.679. The Morgan fingerprint density at radius 3 is 2.83 bits per heavy atom. The van der Waals surface area contributed by atoms with E-state index in [4.69, 9.17) is 16.3 Å². The second kappa shape index (κ2) is 4.82. The average Bonchev–Trinajstić information content (AvgIpc) is 2.39. The third-order valence-electron chi connectivity index (χ3n) is 3.99.